The molecule has 0 aromatic carbocycles. The Morgan fingerprint density at radius 1 is 1.36 bits per heavy atom. The summed E-state index contributed by atoms with van der Waals surface area (Å²) in [5.41, 5.74) is 6.02. The van der Waals surface area contributed by atoms with Crippen LogP contribution in [0.15, 0.2) is 0 Å². The van der Waals surface area contributed by atoms with Crippen LogP contribution in [-0.4, -0.2) is 20.3 Å². The highest BCUT2D eigenvalue weighted by atomic mass is 16.5. The van der Waals surface area contributed by atoms with Gasteiger partial charge in [-0.15, -0.1) is 0 Å². The smallest absolute Gasteiger partial charge is 0.0519 e. The normalized spacial score (nSPS) is 22.4. The van der Waals surface area contributed by atoms with Crippen LogP contribution in [-0.2, 0) is 4.74 Å². The molecule has 0 atom stereocenters. The number of ether oxygens (including phenoxy) is 1. The second-order valence-corrected chi connectivity index (χ2v) is 3.68. The summed E-state index contributed by atoms with van der Waals surface area (Å²) >= 11 is 0. The van der Waals surface area contributed by atoms with Crippen molar-refractivity contribution in [2.24, 2.45) is 11.1 Å². The molecule has 0 unspecified atom stereocenters. The summed E-state index contributed by atoms with van der Waals surface area (Å²) in [4.78, 5) is 0. The Bertz CT molecular complexity index is 100. The molecule has 0 aromatic rings. The molecule has 11 heavy (non-hydrogen) atoms. The Balaban J connectivity index is 2.40. The zero-order chi connectivity index (χ0) is 8.16. The molecule has 2 N–H and O–H groups in total. The van der Waals surface area contributed by atoms with E-state index in [0.717, 1.165) is 19.6 Å². The fourth-order valence-corrected chi connectivity index (χ4v) is 2.20. The second kappa shape index (κ2) is 4.07. The van der Waals surface area contributed by atoms with E-state index in [1.54, 1.807) is 7.11 Å². The van der Waals surface area contributed by atoms with Gasteiger partial charge >= 0.3 is 0 Å². The summed E-state index contributed by atoms with van der Waals surface area (Å²) in [6, 6.07) is 0. The third kappa shape index (κ3) is 2.17. The van der Waals surface area contributed by atoms with Crippen LogP contribution in [0, 0.1) is 5.41 Å². The van der Waals surface area contributed by atoms with Gasteiger partial charge in [-0.1, -0.05) is 12.8 Å². The summed E-state index contributed by atoms with van der Waals surface area (Å²) < 4.78 is 5.23. The highest BCUT2D eigenvalue weighted by Crippen LogP contribution is 2.40. The molecule has 0 saturated heterocycles. The molecule has 0 aromatic heterocycles. The van der Waals surface area contributed by atoms with Gasteiger partial charge in [-0.3, -0.25) is 0 Å². The van der Waals surface area contributed by atoms with E-state index in [9.17, 15) is 0 Å². The molecule has 0 heterocycles. The topological polar surface area (TPSA) is 35.2 Å². The lowest BCUT2D eigenvalue weighted by atomic mass is 9.84. The van der Waals surface area contributed by atoms with Crippen LogP contribution >= 0.6 is 0 Å². The van der Waals surface area contributed by atoms with E-state index in [1.807, 2.05) is 0 Å². The third-order valence-electron chi connectivity index (χ3n) is 2.79. The Morgan fingerprint density at radius 3 is 2.45 bits per heavy atom. The van der Waals surface area contributed by atoms with Crippen LogP contribution in [0.5, 0.6) is 0 Å². The first kappa shape index (κ1) is 9.01. The van der Waals surface area contributed by atoms with Gasteiger partial charge in [0.15, 0.2) is 0 Å². The predicted molar refractivity (Wildman–Crippen MR) is 46.4 cm³/mol. The van der Waals surface area contributed by atoms with Crippen molar-refractivity contribution in [1.82, 2.24) is 0 Å². The lowest BCUT2D eigenvalue weighted by Crippen LogP contribution is -2.26. The van der Waals surface area contributed by atoms with Gasteiger partial charge in [-0.2, -0.15) is 0 Å². The lowest BCUT2D eigenvalue weighted by molar-refractivity contribution is 0.0785. The molecule has 0 aliphatic heterocycles. The first-order valence-corrected chi connectivity index (χ1v) is 4.52. The number of methoxy groups -OCH3 is 1. The van der Waals surface area contributed by atoms with Crippen molar-refractivity contribution in [1.29, 1.82) is 0 Å². The minimum atomic E-state index is 0.448. The summed E-state index contributed by atoms with van der Waals surface area (Å²) in [7, 11) is 1.79. The molecule has 2 heteroatoms. The summed E-state index contributed by atoms with van der Waals surface area (Å²) in [6.07, 6.45) is 6.50. The monoisotopic (exact) mass is 157 g/mol. The van der Waals surface area contributed by atoms with E-state index in [2.05, 4.69) is 0 Å². The Kier molecular flexibility index (Phi) is 3.34. The summed E-state index contributed by atoms with van der Waals surface area (Å²) in [5.74, 6) is 0. The van der Waals surface area contributed by atoms with Crippen LogP contribution in [0.25, 0.3) is 0 Å². The molecular formula is C9H19NO. The molecule has 0 radical (unpaired) electrons. The first-order chi connectivity index (χ1) is 5.33. The summed E-state index contributed by atoms with van der Waals surface area (Å²) in [6.45, 7) is 1.72. The highest BCUT2D eigenvalue weighted by Gasteiger charge is 2.32. The lowest BCUT2D eigenvalue weighted by Gasteiger charge is -2.27. The van der Waals surface area contributed by atoms with E-state index >= 15 is 0 Å². The maximum atomic E-state index is 5.57. The number of nitrogens with two attached hydrogens (primary N) is 1. The van der Waals surface area contributed by atoms with Crippen LogP contribution in [0.4, 0.5) is 0 Å². The molecule has 0 spiro atoms. The molecular weight excluding hydrogens is 138 g/mol. The van der Waals surface area contributed by atoms with Gasteiger partial charge in [0.05, 0.1) is 6.61 Å². The van der Waals surface area contributed by atoms with Gasteiger partial charge < -0.3 is 10.5 Å². The van der Waals surface area contributed by atoms with Gasteiger partial charge in [0.2, 0.25) is 0 Å². The molecule has 1 fully saturated rings. The van der Waals surface area contributed by atoms with Crippen LogP contribution in [0.3, 0.4) is 0 Å². The van der Waals surface area contributed by atoms with Crippen molar-refractivity contribution in [3.63, 3.8) is 0 Å². The zero-order valence-electron chi connectivity index (χ0n) is 7.44. The highest BCUT2D eigenvalue weighted by molar-refractivity contribution is 4.84. The van der Waals surface area contributed by atoms with Crippen molar-refractivity contribution >= 4 is 0 Å². The van der Waals surface area contributed by atoms with Crippen molar-refractivity contribution in [3.8, 4) is 0 Å². The average Bonchev–Trinajstić information content (AvgIpc) is 2.39. The minimum absolute atomic E-state index is 0.448. The molecule has 0 bridgehead atoms. The van der Waals surface area contributed by atoms with Gasteiger partial charge in [0.1, 0.15) is 0 Å². The third-order valence-corrected chi connectivity index (χ3v) is 2.79. The van der Waals surface area contributed by atoms with Gasteiger partial charge in [-0.25, -0.2) is 0 Å². The van der Waals surface area contributed by atoms with E-state index < -0.39 is 0 Å². The van der Waals surface area contributed by atoms with E-state index in [0.29, 0.717) is 5.41 Å². The first-order valence-electron chi connectivity index (χ1n) is 4.52. The second-order valence-electron chi connectivity index (χ2n) is 3.68. The maximum absolute atomic E-state index is 5.57. The SMILES string of the molecule is COCC1(CCN)CCCC1. The van der Waals surface area contributed by atoms with Crippen LogP contribution in [0.1, 0.15) is 32.1 Å². The molecule has 0 amide bonds. The Morgan fingerprint density at radius 2 is 2.00 bits per heavy atom. The fourth-order valence-electron chi connectivity index (χ4n) is 2.20. The molecule has 66 valence electrons. The van der Waals surface area contributed by atoms with Crippen LogP contribution < -0.4 is 5.73 Å². The molecule has 2 nitrogen and oxygen atoms in total. The number of hydrogen-bond donors (Lipinski definition) is 1. The Hall–Kier alpha value is -0.0800. The standard InChI is InChI=1S/C9H19NO/c1-11-8-9(6-7-10)4-2-3-5-9/h2-8,10H2,1H3. The van der Waals surface area contributed by atoms with Gasteiger partial charge in [0.25, 0.3) is 0 Å². The quantitative estimate of drug-likeness (QED) is 0.672. The summed E-state index contributed by atoms with van der Waals surface area (Å²) in [5, 5.41) is 0. The van der Waals surface area contributed by atoms with E-state index in [4.69, 9.17) is 10.5 Å². The fraction of sp³-hybridized carbons (Fsp3) is 1.00. The Labute approximate surface area is 69.1 Å². The van der Waals surface area contributed by atoms with E-state index in [-0.39, 0.29) is 0 Å². The van der Waals surface area contributed by atoms with Crippen molar-refractivity contribution in [3.05, 3.63) is 0 Å². The molecule has 1 aliphatic rings. The maximum Gasteiger partial charge on any atom is 0.0519 e. The number of hydrogen-bond acceptors (Lipinski definition) is 2. The van der Waals surface area contributed by atoms with E-state index in [1.165, 1.54) is 25.7 Å². The largest absolute Gasteiger partial charge is 0.384 e. The zero-order valence-corrected chi connectivity index (χ0v) is 7.44. The van der Waals surface area contributed by atoms with Crippen molar-refractivity contribution in [2.75, 3.05) is 20.3 Å². The van der Waals surface area contributed by atoms with Gasteiger partial charge in [0, 0.05) is 7.11 Å². The average molecular weight is 157 g/mol. The molecule has 1 saturated carbocycles. The van der Waals surface area contributed by atoms with Crippen LogP contribution in [0.2, 0.25) is 0 Å². The molecule has 1 rings (SSSR count). The van der Waals surface area contributed by atoms with Gasteiger partial charge in [-0.05, 0) is 31.2 Å². The van der Waals surface area contributed by atoms with Crippen molar-refractivity contribution < 1.29 is 4.74 Å². The van der Waals surface area contributed by atoms with Crippen molar-refractivity contribution in [2.45, 2.75) is 32.1 Å². The predicted octanol–water partition coefficient (Wildman–Crippen LogP) is 1.54. The molecule has 1 aliphatic carbocycles. The minimum Gasteiger partial charge on any atom is -0.384 e. The number of rotatable bonds is 4.